The highest BCUT2D eigenvalue weighted by Gasteiger charge is 2.52. The number of ketones is 2. The summed E-state index contributed by atoms with van der Waals surface area (Å²) in [5.74, 6) is -1.82. The Bertz CT molecular complexity index is 1810. The van der Waals surface area contributed by atoms with Crippen LogP contribution in [-0.2, 0) is 16.0 Å². The summed E-state index contributed by atoms with van der Waals surface area (Å²) < 4.78 is 37.7. The van der Waals surface area contributed by atoms with Crippen molar-refractivity contribution in [2.45, 2.75) is 69.5 Å². The van der Waals surface area contributed by atoms with E-state index in [4.69, 9.17) is 4.74 Å². The van der Waals surface area contributed by atoms with Gasteiger partial charge in [0.05, 0.1) is 17.1 Å². The standard InChI is InChI=1S/C35H35F2N5O3/c1-19-5-2-6-20-7-3-8-23(27(19)20)29-28(37)30-25(15-39-29)31(41-12-9-22-26(17-41)33(44)32(22)43)24(14-38)34(40-30)45-18-35-10-4-11-42(35)16-21(36)13-35/h3,7-8,15,19,21-22,26H,2,4-6,9-13,16-18H2,1H3/t19?,21-,22-,26+,35+/m1/s1. The molecule has 1 unspecified atom stereocenters. The maximum absolute atomic E-state index is 16.8. The summed E-state index contributed by atoms with van der Waals surface area (Å²) >= 11 is 0. The molecule has 5 atom stereocenters. The maximum atomic E-state index is 16.8. The smallest absolute Gasteiger partial charge is 0.234 e. The Balaban J connectivity index is 1.27. The number of hydrogen-bond donors (Lipinski definition) is 0. The number of carbonyl (C=O) groups is 2. The fourth-order valence-electron chi connectivity index (χ4n) is 8.89. The Morgan fingerprint density at radius 1 is 1.13 bits per heavy atom. The molecule has 3 aromatic rings. The van der Waals surface area contributed by atoms with Gasteiger partial charge in [0.25, 0.3) is 0 Å². The van der Waals surface area contributed by atoms with Crippen LogP contribution >= 0.6 is 0 Å². The number of rotatable bonds is 5. The van der Waals surface area contributed by atoms with E-state index in [0.717, 1.165) is 49.8 Å². The quantitative estimate of drug-likeness (QED) is 0.359. The largest absolute Gasteiger partial charge is 0.475 e. The normalized spacial score (nSPS) is 29.2. The molecule has 8 rings (SSSR count). The Morgan fingerprint density at radius 2 is 1.98 bits per heavy atom. The molecule has 0 spiro atoms. The summed E-state index contributed by atoms with van der Waals surface area (Å²) in [6.07, 6.45) is 6.20. The number of fused-ring (bicyclic) bond motifs is 4. The van der Waals surface area contributed by atoms with Crippen molar-refractivity contribution in [3.63, 3.8) is 0 Å². The molecule has 3 saturated heterocycles. The number of anilines is 1. The predicted octanol–water partition coefficient (Wildman–Crippen LogP) is 5.30. The molecule has 0 amide bonds. The van der Waals surface area contributed by atoms with Gasteiger partial charge < -0.3 is 9.64 Å². The van der Waals surface area contributed by atoms with Crippen molar-refractivity contribution in [2.24, 2.45) is 11.8 Å². The lowest BCUT2D eigenvalue weighted by molar-refractivity contribution is -0.153. The van der Waals surface area contributed by atoms with Gasteiger partial charge in [0.1, 0.15) is 35.6 Å². The minimum Gasteiger partial charge on any atom is -0.475 e. The van der Waals surface area contributed by atoms with Crippen molar-refractivity contribution in [3.05, 3.63) is 46.9 Å². The fourth-order valence-corrected chi connectivity index (χ4v) is 8.89. The first-order valence-electron chi connectivity index (χ1n) is 16.2. The second-order valence-electron chi connectivity index (χ2n) is 13.6. The van der Waals surface area contributed by atoms with Gasteiger partial charge in [0, 0.05) is 49.1 Å². The highest BCUT2D eigenvalue weighted by molar-refractivity contribution is 6.45. The summed E-state index contributed by atoms with van der Waals surface area (Å²) in [6, 6.07) is 8.20. The van der Waals surface area contributed by atoms with E-state index in [0.29, 0.717) is 37.0 Å². The van der Waals surface area contributed by atoms with E-state index in [1.807, 2.05) is 17.0 Å². The molecule has 0 radical (unpaired) electrons. The van der Waals surface area contributed by atoms with Crippen molar-refractivity contribution < 1.29 is 23.1 Å². The molecular weight excluding hydrogens is 576 g/mol. The molecule has 10 heteroatoms. The van der Waals surface area contributed by atoms with Gasteiger partial charge in [-0.25, -0.2) is 13.8 Å². The van der Waals surface area contributed by atoms with E-state index < -0.39 is 29.2 Å². The second kappa shape index (κ2) is 10.5. The van der Waals surface area contributed by atoms with Crippen LogP contribution in [0.4, 0.5) is 14.5 Å². The zero-order chi connectivity index (χ0) is 31.0. The molecule has 3 aliphatic heterocycles. The molecule has 0 bridgehead atoms. The van der Waals surface area contributed by atoms with Crippen molar-refractivity contribution >= 4 is 28.2 Å². The van der Waals surface area contributed by atoms with Gasteiger partial charge in [0.2, 0.25) is 17.4 Å². The number of benzene rings is 1. The highest BCUT2D eigenvalue weighted by Crippen LogP contribution is 2.45. The SMILES string of the molecule is CC1CCCc2cccc(-c3ncc4c(N5CC[C@H]6C(=O)C(=O)[C@H]6C5)c(C#N)c(OC[C@@]56CCCN5C[C@H](F)C6)nc4c3F)c21. The Kier molecular flexibility index (Phi) is 6.68. The van der Waals surface area contributed by atoms with Crippen molar-refractivity contribution in [2.75, 3.05) is 37.7 Å². The van der Waals surface area contributed by atoms with E-state index in [9.17, 15) is 19.2 Å². The summed E-state index contributed by atoms with van der Waals surface area (Å²) in [4.78, 5) is 37.9. The topological polar surface area (TPSA) is 99.4 Å². The second-order valence-corrected chi connectivity index (χ2v) is 13.6. The molecule has 0 N–H and O–H groups in total. The Hall–Kier alpha value is -3.97. The first kappa shape index (κ1) is 28.5. The number of carbonyl (C=O) groups excluding carboxylic acids is 2. The summed E-state index contributed by atoms with van der Waals surface area (Å²) in [6.45, 7) is 4.11. The van der Waals surface area contributed by atoms with Crippen molar-refractivity contribution in [1.82, 2.24) is 14.9 Å². The molecule has 2 aliphatic carbocycles. The number of ether oxygens (including phenoxy) is 1. The number of piperidine rings is 1. The molecule has 1 saturated carbocycles. The van der Waals surface area contributed by atoms with E-state index in [-0.39, 0.29) is 53.4 Å². The number of pyridine rings is 2. The van der Waals surface area contributed by atoms with Gasteiger partial charge in [0.15, 0.2) is 5.82 Å². The number of nitriles is 1. The van der Waals surface area contributed by atoms with Crippen molar-refractivity contribution in [3.8, 4) is 23.2 Å². The number of halogens is 2. The van der Waals surface area contributed by atoms with Crippen LogP contribution in [0.15, 0.2) is 24.4 Å². The summed E-state index contributed by atoms with van der Waals surface area (Å²) in [7, 11) is 0. The lowest BCUT2D eigenvalue weighted by atomic mass is 9.67. The molecule has 1 aromatic carbocycles. The van der Waals surface area contributed by atoms with Gasteiger partial charge in [-0.15, -0.1) is 0 Å². The van der Waals surface area contributed by atoms with Crippen LogP contribution in [0.2, 0.25) is 0 Å². The average Bonchev–Trinajstić information content (AvgIpc) is 3.58. The Morgan fingerprint density at radius 3 is 2.82 bits per heavy atom. The summed E-state index contributed by atoms with van der Waals surface area (Å²) in [5, 5.41) is 10.9. The third-order valence-corrected chi connectivity index (χ3v) is 11.1. The van der Waals surface area contributed by atoms with Crippen LogP contribution in [0.25, 0.3) is 22.2 Å². The third-order valence-electron chi connectivity index (χ3n) is 11.1. The van der Waals surface area contributed by atoms with Gasteiger partial charge in [-0.3, -0.25) is 19.5 Å². The van der Waals surface area contributed by atoms with Crippen LogP contribution in [0, 0.1) is 29.0 Å². The first-order valence-corrected chi connectivity index (χ1v) is 16.2. The lowest BCUT2D eigenvalue weighted by Gasteiger charge is -2.43. The molecular formula is C35H35F2N5O3. The number of aromatic nitrogens is 2. The highest BCUT2D eigenvalue weighted by atomic mass is 19.1. The molecule has 5 aliphatic rings. The minimum atomic E-state index is -0.946. The molecule has 5 heterocycles. The molecule has 2 aromatic heterocycles. The van der Waals surface area contributed by atoms with E-state index in [1.54, 1.807) is 6.20 Å². The maximum Gasteiger partial charge on any atom is 0.234 e. The van der Waals surface area contributed by atoms with Crippen LogP contribution < -0.4 is 9.64 Å². The van der Waals surface area contributed by atoms with E-state index in [2.05, 4.69) is 33.9 Å². The number of hydrogen-bond acceptors (Lipinski definition) is 8. The third kappa shape index (κ3) is 4.30. The van der Waals surface area contributed by atoms with Gasteiger partial charge >= 0.3 is 0 Å². The first-order chi connectivity index (χ1) is 21.8. The van der Waals surface area contributed by atoms with Gasteiger partial charge in [-0.1, -0.05) is 25.1 Å². The zero-order valence-corrected chi connectivity index (χ0v) is 25.3. The van der Waals surface area contributed by atoms with Crippen LogP contribution in [-0.4, -0.2) is 70.9 Å². The predicted molar refractivity (Wildman–Crippen MR) is 163 cm³/mol. The monoisotopic (exact) mass is 611 g/mol. The van der Waals surface area contributed by atoms with Gasteiger partial charge in [-0.2, -0.15) is 5.26 Å². The van der Waals surface area contributed by atoms with Crippen LogP contribution in [0.1, 0.15) is 68.1 Å². The number of alkyl halides is 1. The number of aryl methyl sites for hydroxylation is 1. The molecule has 45 heavy (non-hydrogen) atoms. The van der Waals surface area contributed by atoms with Gasteiger partial charge in [-0.05, 0) is 62.1 Å². The van der Waals surface area contributed by atoms with Crippen molar-refractivity contribution in [1.29, 1.82) is 5.26 Å². The zero-order valence-electron chi connectivity index (χ0n) is 25.3. The number of Topliss-reactive ketones (excluding diaryl/α,β-unsaturated/α-hetero) is 2. The van der Waals surface area contributed by atoms with E-state index >= 15 is 4.39 Å². The minimum absolute atomic E-state index is 0.00109. The lowest BCUT2D eigenvalue weighted by Crippen LogP contribution is -2.58. The van der Waals surface area contributed by atoms with E-state index in [1.165, 1.54) is 5.56 Å². The molecule has 8 nitrogen and oxygen atoms in total. The average molecular weight is 612 g/mol. The number of nitrogens with zero attached hydrogens (tertiary/aromatic N) is 5. The van der Waals surface area contributed by atoms with Crippen LogP contribution in [0.5, 0.6) is 5.88 Å². The molecule has 4 fully saturated rings. The Labute approximate surface area is 260 Å². The van der Waals surface area contributed by atoms with Crippen LogP contribution in [0.3, 0.4) is 0 Å². The summed E-state index contributed by atoms with van der Waals surface area (Å²) in [5.41, 5.74) is 3.37. The fraction of sp³-hybridized carbons (Fsp3) is 0.514. The molecule has 232 valence electrons.